The first kappa shape index (κ1) is 27.9. The predicted molar refractivity (Wildman–Crippen MR) is 130 cm³/mol. The molecule has 0 bridgehead atoms. The Morgan fingerprint density at radius 3 is 1.71 bits per heavy atom. The molecule has 0 aromatic carbocycles. The molecule has 6 heteroatoms. The Morgan fingerprint density at radius 2 is 1.26 bits per heavy atom. The summed E-state index contributed by atoms with van der Waals surface area (Å²) in [6.07, 6.45) is 2.28. The molecule has 0 aromatic rings. The summed E-state index contributed by atoms with van der Waals surface area (Å²) in [5.41, 5.74) is 0. The van der Waals surface area contributed by atoms with E-state index in [-0.39, 0.29) is 36.0 Å². The fourth-order valence-corrected chi connectivity index (χ4v) is 5.11. The summed E-state index contributed by atoms with van der Waals surface area (Å²) in [6, 6.07) is 1.19. The third-order valence-electron chi connectivity index (χ3n) is 6.32. The van der Waals surface area contributed by atoms with Crippen molar-refractivity contribution in [2.45, 2.75) is 112 Å². The highest BCUT2D eigenvalue weighted by molar-refractivity contribution is 5.79. The lowest BCUT2D eigenvalue weighted by Gasteiger charge is -2.39. The Kier molecular flexibility index (Phi) is 11.5. The van der Waals surface area contributed by atoms with Crippen molar-refractivity contribution in [3.8, 4) is 0 Å². The third-order valence-corrected chi connectivity index (χ3v) is 6.32. The number of amides is 2. The van der Waals surface area contributed by atoms with E-state index in [2.05, 4.69) is 79.0 Å². The summed E-state index contributed by atoms with van der Waals surface area (Å²) in [5.74, 6) is 0.937. The fourth-order valence-electron chi connectivity index (χ4n) is 5.11. The van der Waals surface area contributed by atoms with Crippen molar-refractivity contribution in [3.05, 3.63) is 0 Å². The molecular weight excluding hydrogens is 388 g/mol. The SMILES string of the molecule is CC(C)N(CC(=O)N(C(C)C)C(C)C)C[C@H]1CCCN(CC(=O)N(C(C)C)C(C)C)C1. The number of rotatable bonds is 11. The van der Waals surface area contributed by atoms with Gasteiger partial charge in [-0.25, -0.2) is 0 Å². The normalized spacial score (nSPS) is 18.1. The summed E-state index contributed by atoms with van der Waals surface area (Å²) >= 11 is 0. The highest BCUT2D eigenvalue weighted by atomic mass is 16.2. The molecule has 0 N–H and O–H groups in total. The second kappa shape index (κ2) is 12.8. The van der Waals surface area contributed by atoms with E-state index in [1.165, 1.54) is 0 Å². The number of hydrogen-bond acceptors (Lipinski definition) is 4. The first-order chi connectivity index (χ1) is 14.3. The van der Waals surface area contributed by atoms with E-state index < -0.39 is 0 Å². The van der Waals surface area contributed by atoms with Crippen LogP contribution in [-0.2, 0) is 9.59 Å². The van der Waals surface area contributed by atoms with Crippen molar-refractivity contribution >= 4 is 11.8 Å². The lowest BCUT2D eigenvalue weighted by Crippen LogP contribution is -2.52. The van der Waals surface area contributed by atoms with Crippen LogP contribution in [0.15, 0.2) is 0 Å². The largest absolute Gasteiger partial charge is 0.337 e. The Morgan fingerprint density at radius 1 is 0.774 bits per heavy atom. The van der Waals surface area contributed by atoms with Gasteiger partial charge in [0.25, 0.3) is 0 Å². The second-order valence-corrected chi connectivity index (χ2v) is 10.7. The molecule has 0 saturated carbocycles. The van der Waals surface area contributed by atoms with Crippen molar-refractivity contribution in [1.29, 1.82) is 0 Å². The third kappa shape index (κ3) is 8.72. The van der Waals surface area contributed by atoms with Crippen LogP contribution in [0.1, 0.15) is 82.1 Å². The average Bonchev–Trinajstić information content (AvgIpc) is 2.59. The number of carbonyl (C=O) groups is 2. The minimum Gasteiger partial charge on any atom is -0.337 e. The van der Waals surface area contributed by atoms with Gasteiger partial charge in [0, 0.05) is 43.3 Å². The molecule has 1 atom stereocenters. The molecule has 1 fully saturated rings. The van der Waals surface area contributed by atoms with Gasteiger partial charge in [0.15, 0.2) is 0 Å². The van der Waals surface area contributed by atoms with Gasteiger partial charge in [-0.2, -0.15) is 0 Å². The number of likely N-dealkylation sites (tertiary alicyclic amines) is 1. The topological polar surface area (TPSA) is 47.1 Å². The van der Waals surface area contributed by atoms with Crippen LogP contribution in [-0.4, -0.2) is 94.3 Å². The molecule has 182 valence electrons. The Hall–Kier alpha value is -1.14. The van der Waals surface area contributed by atoms with Crippen molar-refractivity contribution in [1.82, 2.24) is 19.6 Å². The van der Waals surface area contributed by atoms with Gasteiger partial charge in [-0.05, 0) is 94.5 Å². The number of nitrogens with zero attached hydrogens (tertiary/aromatic N) is 4. The quantitative estimate of drug-likeness (QED) is 0.493. The van der Waals surface area contributed by atoms with E-state index in [0.717, 1.165) is 32.5 Å². The van der Waals surface area contributed by atoms with E-state index in [9.17, 15) is 9.59 Å². The minimum absolute atomic E-state index is 0.211. The van der Waals surface area contributed by atoms with E-state index in [1.54, 1.807) is 0 Å². The zero-order chi connectivity index (χ0) is 23.9. The zero-order valence-electron chi connectivity index (χ0n) is 22.0. The molecule has 0 aliphatic carbocycles. The van der Waals surface area contributed by atoms with Crippen LogP contribution >= 0.6 is 0 Å². The maximum atomic E-state index is 13.0. The number of carbonyl (C=O) groups excluding carboxylic acids is 2. The van der Waals surface area contributed by atoms with Gasteiger partial charge in [-0.15, -0.1) is 0 Å². The van der Waals surface area contributed by atoms with Crippen molar-refractivity contribution < 1.29 is 9.59 Å². The molecule has 0 unspecified atom stereocenters. The summed E-state index contributed by atoms with van der Waals surface area (Å²) in [4.78, 5) is 34.6. The summed E-state index contributed by atoms with van der Waals surface area (Å²) < 4.78 is 0. The van der Waals surface area contributed by atoms with Crippen LogP contribution in [0.4, 0.5) is 0 Å². The van der Waals surface area contributed by atoms with Crippen LogP contribution in [0.3, 0.4) is 0 Å². The molecule has 1 saturated heterocycles. The molecule has 1 aliphatic rings. The van der Waals surface area contributed by atoms with E-state index >= 15 is 0 Å². The van der Waals surface area contributed by atoms with Crippen LogP contribution < -0.4 is 0 Å². The molecule has 0 radical (unpaired) electrons. The smallest absolute Gasteiger partial charge is 0.237 e. The number of piperidine rings is 1. The summed E-state index contributed by atoms with van der Waals surface area (Å²) in [6.45, 7) is 24.9. The number of hydrogen-bond donors (Lipinski definition) is 0. The summed E-state index contributed by atoms with van der Waals surface area (Å²) in [5, 5.41) is 0. The van der Waals surface area contributed by atoms with E-state index in [0.29, 0.717) is 25.0 Å². The first-order valence-electron chi connectivity index (χ1n) is 12.4. The Labute approximate surface area is 192 Å². The maximum absolute atomic E-state index is 13.0. The maximum Gasteiger partial charge on any atom is 0.237 e. The molecule has 6 nitrogen and oxygen atoms in total. The van der Waals surface area contributed by atoms with Gasteiger partial charge >= 0.3 is 0 Å². The second-order valence-electron chi connectivity index (χ2n) is 10.7. The standard InChI is InChI=1S/C25H50N4O2/c1-18(2)27(17-25(31)29(21(7)8)22(9)10)15-23-12-11-13-26(14-23)16-24(30)28(19(3)4)20(5)6/h18-23H,11-17H2,1-10H3/t23-/m0/s1. The fraction of sp³-hybridized carbons (Fsp3) is 0.920. The Bertz CT molecular complexity index is 544. The van der Waals surface area contributed by atoms with Crippen LogP contribution in [0, 0.1) is 5.92 Å². The monoisotopic (exact) mass is 438 g/mol. The predicted octanol–water partition coefficient (Wildman–Crippen LogP) is 3.70. The van der Waals surface area contributed by atoms with Gasteiger partial charge < -0.3 is 9.80 Å². The molecule has 1 aliphatic heterocycles. The van der Waals surface area contributed by atoms with Gasteiger partial charge in [-0.1, -0.05) is 0 Å². The van der Waals surface area contributed by atoms with Gasteiger partial charge in [0.05, 0.1) is 13.1 Å². The first-order valence-corrected chi connectivity index (χ1v) is 12.4. The molecule has 2 amide bonds. The summed E-state index contributed by atoms with van der Waals surface area (Å²) in [7, 11) is 0. The highest BCUT2D eigenvalue weighted by Gasteiger charge is 2.29. The van der Waals surface area contributed by atoms with E-state index in [1.807, 2.05) is 9.80 Å². The average molecular weight is 439 g/mol. The zero-order valence-corrected chi connectivity index (χ0v) is 22.0. The van der Waals surface area contributed by atoms with Crippen LogP contribution in [0.5, 0.6) is 0 Å². The molecule has 1 heterocycles. The van der Waals surface area contributed by atoms with Crippen LogP contribution in [0.25, 0.3) is 0 Å². The minimum atomic E-state index is 0.211. The lowest BCUT2D eigenvalue weighted by molar-refractivity contribution is -0.136. The van der Waals surface area contributed by atoms with Crippen molar-refractivity contribution in [2.75, 3.05) is 32.7 Å². The molecule has 1 rings (SSSR count). The van der Waals surface area contributed by atoms with Crippen LogP contribution in [0.2, 0.25) is 0 Å². The van der Waals surface area contributed by atoms with Gasteiger partial charge in [-0.3, -0.25) is 19.4 Å². The molecule has 31 heavy (non-hydrogen) atoms. The Balaban J connectivity index is 2.74. The molecular formula is C25H50N4O2. The van der Waals surface area contributed by atoms with Gasteiger partial charge in [0.2, 0.25) is 11.8 Å². The lowest BCUT2D eigenvalue weighted by atomic mass is 9.96. The van der Waals surface area contributed by atoms with Crippen molar-refractivity contribution in [3.63, 3.8) is 0 Å². The highest BCUT2D eigenvalue weighted by Crippen LogP contribution is 2.20. The van der Waals surface area contributed by atoms with Gasteiger partial charge in [0.1, 0.15) is 0 Å². The van der Waals surface area contributed by atoms with E-state index in [4.69, 9.17) is 0 Å². The molecule has 0 aromatic heterocycles. The van der Waals surface area contributed by atoms with Crippen molar-refractivity contribution in [2.24, 2.45) is 5.92 Å². The molecule has 0 spiro atoms.